The molecule has 2 saturated heterocycles. The third-order valence-corrected chi connectivity index (χ3v) is 6.40. The molecule has 2 aromatic rings. The molecular weight excluding hydrogens is 468 g/mol. The predicted molar refractivity (Wildman–Crippen MR) is 115 cm³/mol. The number of hydrogen-bond acceptors (Lipinski definition) is 5. The number of rotatable bonds is 3. The molecule has 1 amide bonds. The van der Waals surface area contributed by atoms with Crippen molar-refractivity contribution in [1.29, 1.82) is 0 Å². The first kappa shape index (κ1) is 23.1. The Kier molecular flexibility index (Phi) is 6.53. The van der Waals surface area contributed by atoms with E-state index in [0.29, 0.717) is 43.3 Å². The molecular formula is C21H21Cl2F3N4O2. The van der Waals surface area contributed by atoms with Gasteiger partial charge in [-0.05, 0) is 30.3 Å². The molecule has 2 fully saturated rings. The smallest absolute Gasteiger partial charge is 0.390 e. The predicted octanol–water partition coefficient (Wildman–Crippen LogP) is 3.41. The van der Waals surface area contributed by atoms with E-state index in [1.165, 1.54) is 0 Å². The summed E-state index contributed by atoms with van der Waals surface area (Å²) < 4.78 is 38.6. The number of benzene rings is 1. The minimum Gasteiger partial charge on any atom is -0.390 e. The van der Waals surface area contributed by atoms with Crippen LogP contribution in [0.25, 0.3) is 0 Å². The van der Waals surface area contributed by atoms with Crippen LogP contribution in [0.3, 0.4) is 0 Å². The van der Waals surface area contributed by atoms with E-state index < -0.39 is 17.8 Å². The van der Waals surface area contributed by atoms with Gasteiger partial charge in [-0.2, -0.15) is 13.2 Å². The first-order valence-electron chi connectivity index (χ1n) is 10.1. The number of piperazine rings is 1. The van der Waals surface area contributed by atoms with Crippen LogP contribution in [0.15, 0.2) is 36.5 Å². The summed E-state index contributed by atoms with van der Waals surface area (Å²) >= 11 is 11.9. The molecule has 2 aliphatic rings. The standard InChI is InChI=1S/C21H21Cl2F3N4O2/c22-15-3-1-13(2-4-15)20(32)29-7-5-28(6-8-29)17-11-30(12-18(17)31)19-16(23)9-14(10-27-19)21(24,25)26/h1-4,9-10,17-18,31H,5-8,11-12H2. The van der Waals surface area contributed by atoms with E-state index in [-0.39, 0.29) is 29.3 Å². The number of pyridine rings is 1. The zero-order valence-corrected chi connectivity index (χ0v) is 18.4. The van der Waals surface area contributed by atoms with Crippen LogP contribution in [0.2, 0.25) is 10.0 Å². The third kappa shape index (κ3) is 4.80. The summed E-state index contributed by atoms with van der Waals surface area (Å²) in [6.07, 6.45) is -4.48. The molecule has 172 valence electrons. The van der Waals surface area contributed by atoms with Gasteiger partial charge < -0.3 is 14.9 Å². The van der Waals surface area contributed by atoms with Crippen molar-refractivity contribution in [3.05, 3.63) is 57.7 Å². The SMILES string of the molecule is O=C(c1ccc(Cl)cc1)N1CCN(C2CN(c3ncc(C(F)(F)F)cc3Cl)CC2O)CC1. The zero-order chi connectivity index (χ0) is 23.0. The van der Waals surface area contributed by atoms with Crippen molar-refractivity contribution in [2.24, 2.45) is 0 Å². The highest BCUT2D eigenvalue weighted by Crippen LogP contribution is 2.35. The number of alkyl halides is 3. The Morgan fingerprint density at radius 3 is 2.31 bits per heavy atom. The molecule has 0 aliphatic carbocycles. The van der Waals surface area contributed by atoms with Gasteiger partial charge in [-0.25, -0.2) is 4.98 Å². The average molecular weight is 489 g/mol. The molecule has 6 nitrogen and oxygen atoms in total. The Morgan fingerprint density at radius 1 is 1.06 bits per heavy atom. The maximum absolute atomic E-state index is 12.9. The molecule has 4 rings (SSSR count). The van der Waals surface area contributed by atoms with Crippen molar-refractivity contribution in [1.82, 2.24) is 14.8 Å². The van der Waals surface area contributed by atoms with Gasteiger partial charge in [-0.1, -0.05) is 23.2 Å². The second kappa shape index (κ2) is 9.05. The second-order valence-corrected chi connectivity index (χ2v) is 8.75. The Morgan fingerprint density at radius 2 is 1.72 bits per heavy atom. The molecule has 0 bridgehead atoms. The fourth-order valence-corrected chi connectivity index (χ4v) is 4.56. The molecule has 2 unspecified atom stereocenters. The fraction of sp³-hybridized carbons (Fsp3) is 0.429. The first-order valence-corrected chi connectivity index (χ1v) is 10.8. The number of carbonyl (C=O) groups is 1. The van der Waals surface area contributed by atoms with Gasteiger partial charge in [0.25, 0.3) is 5.91 Å². The summed E-state index contributed by atoms with van der Waals surface area (Å²) in [5.41, 5.74) is -0.345. The third-order valence-electron chi connectivity index (χ3n) is 5.87. The van der Waals surface area contributed by atoms with E-state index in [0.717, 1.165) is 12.3 Å². The second-order valence-electron chi connectivity index (χ2n) is 7.90. The summed E-state index contributed by atoms with van der Waals surface area (Å²) in [5, 5.41) is 11.1. The van der Waals surface area contributed by atoms with Crippen molar-refractivity contribution in [2.45, 2.75) is 18.3 Å². The number of aromatic nitrogens is 1. The van der Waals surface area contributed by atoms with Crippen molar-refractivity contribution < 1.29 is 23.1 Å². The lowest BCUT2D eigenvalue weighted by molar-refractivity contribution is -0.137. The van der Waals surface area contributed by atoms with E-state index in [4.69, 9.17) is 23.2 Å². The monoisotopic (exact) mass is 488 g/mol. The Balaban J connectivity index is 1.38. The molecule has 2 aliphatic heterocycles. The topological polar surface area (TPSA) is 59.9 Å². The molecule has 1 aromatic carbocycles. The molecule has 1 N–H and O–H groups in total. The van der Waals surface area contributed by atoms with Gasteiger partial charge in [0, 0.05) is 56.1 Å². The van der Waals surface area contributed by atoms with Crippen LogP contribution in [-0.4, -0.2) is 77.2 Å². The number of anilines is 1. The van der Waals surface area contributed by atoms with Crippen LogP contribution < -0.4 is 4.90 Å². The van der Waals surface area contributed by atoms with Gasteiger partial charge in [0.05, 0.1) is 22.7 Å². The summed E-state index contributed by atoms with van der Waals surface area (Å²) in [4.78, 5) is 22.1. The minimum atomic E-state index is -4.52. The molecule has 1 aromatic heterocycles. The van der Waals surface area contributed by atoms with Gasteiger partial charge >= 0.3 is 6.18 Å². The molecule has 0 saturated carbocycles. The van der Waals surface area contributed by atoms with E-state index >= 15 is 0 Å². The number of amides is 1. The van der Waals surface area contributed by atoms with Crippen molar-refractivity contribution in [2.75, 3.05) is 44.2 Å². The normalized spacial score (nSPS) is 22.4. The molecule has 0 radical (unpaired) electrons. The van der Waals surface area contributed by atoms with Crippen molar-refractivity contribution in [3.8, 4) is 0 Å². The quantitative estimate of drug-likeness (QED) is 0.717. The van der Waals surface area contributed by atoms with Crippen LogP contribution in [0.5, 0.6) is 0 Å². The lowest BCUT2D eigenvalue weighted by Crippen LogP contribution is -2.54. The van der Waals surface area contributed by atoms with Crippen molar-refractivity contribution in [3.63, 3.8) is 0 Å². The van der Waals surface area contributed by atoms with E-state index in [2.05, 4.69) is 9.88 Å². The highest BCUT2D eigenvalue weighted by Gasteiger charge is 2.39. The van der Waals surface area contributed by atoms with Gasteiger partial charge in [-0.3, -0.25) is 9.69 Å². The van der Waals surface area contributed by atoms with Crippen LogP contribution in [0.4, 0.5) is 19.0 Å². The van der Waals surface area contributed by atoms with Gasteiger partial charge in [0.2, 0.25) is 0 Å². The average Bonchev–Trinajstić information content (AvgIpc) is 3.14. The van der Waals surface area contributed by atoms with E-state index in [1.54, 1.807) is 34.1 Å². The summed E-state index contributed by atoms with van der Waals surface area (Å²) in [6, 6.07) is 7.35. The number of nitrogens with zero attached hydrogens (tertiary/aromatic N) is 4. The highest BCUT2D eigenvalue weighted by atomic mass is 35.5. The highest BCUT2D eigenvalue weighted by molar-refractivity contribution is 6.33. The van der Waals surface area contributed by atoms with Gasteiger partial charge in [0.15, 0.2) is 0 Å². The Labute approximate surface area is 193 Å². The Hall–Kier alpha value is -2.07. The fourth-order valence-electron chi connectivity index (χ4n) is 4.15. The van der Waals surface area contributed by atoms with E-state index in [9.17, 15) is 23.1 Å². The minimum absolute atomic E-state index is 0.0735. The number of halogens is 5. The summed E-state index contributed by atoms with van der Waals surface area (Å²) in [7, 11) is 0. The van der Waals surface area contributed by atoms with Crippen LogP contribution in [0.1, 0.15) is 15.9 Å². The maximum Gasteiger partial charge on any atom is 0.417 e. The molecule has 0 spiro atoms. The van der Waals surface area contributed by atoms with Crippen molar-refractivity contribution >= 4 is 34.9 Å². The molecule has 11 heteroatoms. The van der Waals surface area contributed by atoms with Gasteiger partial charge in [-0.15, -0.1) is 0 Å². The largest absolute Gasteiger partial charge is 0.417 e. The number of β-amino-alcohol motifs (C(OH)–C–C–N with tert-alkyl or cyclic N) is 1. The molecule has 3 heterocycles. The maximum atomic E-state index is 12.9. The molecule has 32 heavy (non-hydrogen) atoms. The number of carbonyl (C=O) groups excluding carboxylic acids is 1. The Bertz CT molecular complexity index is 982. The number of hydrogen-bond donors (Lipinski definition) is 1. The number of aliphatic hydroxyl groups is 1. The lowest BCUT2D eigenvalue weighted by atomic mass is 10.1. The van der Waals surface area contributed by atoms with Crippen LogP contribution in [0, 0.1) is 0 Å². The lowest BCUT2D eigenvalue weighted by Gasteiger charge is -2.38. The van der Waals surface area contributed by atoms with Gasteiger partial charge in [0.1, 0.15) is 5.82 Å². The van der Waals surface area contributed by atoms with E-state index in [1.807, 2.05) is 0 Å². The first-order chi connectivity index (χ1) is 15.1. The summed E-state index contributed by atoms with van der Waals surface area (Å²) in [5.74, 6) is 0.147. The van der Waals surface area contributed by atoms with Crippen LogP contribution >= 0.6 is 23.2 Å². The number of aliphatic hydroxyl groups excluding tert-OH is 1. The summed E-state index contributed by atoms with van der Waals surface area (Å²) in [6.45, 7) is 2.75. The zero-order valence-electron chi connectivity index (χ0n) is 16.9. The molecule has 2 atom stereocenters. The van der Waals surface area contributed by atoms with Crippen LogP contribution in [-0.2, 0) is 6.18 Å².